The summed E-state index contributed by atoms with van der Waals surface area (Å²) >= 11 is 3.69. The minimum atomic E-state index is 0.00000558. The van der Waals surface area contributed by atoms with E-state index in [1.165, 1.54) is 72.6 Å². The van der Waals surface area contributed by atoms with Gasteiger partial charge in [-0.05, 0) is 77.7 Å². The first-order valence-corrected chi connectivity index (χ1v) is 23.3. The molecule has 5 heterocycles. The van der Waals surface area contributed by atoms with Crippen molar-refractivity contribution in [1.29, 1.82) is 0 Å². The smallest absolute Gasteiger partial charge is 0.163 e. The molecule has 0 bridgehead atoms. The van der Waals surface area contributed by atoms with Crippen LogP contribution in [-0.2, 0) is 0 Å². The van der Waals surface area contributed by atoms with E-state index in [0.29, 0.717) is 11.6 Å². The molecule has 300 valence electrons. The van der Waals surface area contributed by atoms with Crippen LogP contribution < -0.4 is 9.75 Å². The van der Waals surface area contributed by atoms with Crippen LogP contribution in [0.25, 0.3) is 120 Å². The first kappa shape index (κ1) is 35.8. The summed E-state index contributed by atoms with van der Waals surface area (Å²) in [5.74, 6) is 2.14. The predicted molar refractivity (Wildman–Crippen MR) is 270 cm³/mol. The Hall–Kier alpha value is -7.71. The summed E-state index contributed by atoms with van der Waals surface area (Å²) in [5, 5.41) is 9.99. The van der Waals surface area contributed by atoms with Gasteiger partial charge in [0.2, 0.25) is 0 Å². The number of para-hydroxylation sites is 3. The number of benzene rings is 8. The minimum absolute atomic E-state index is 0.00000558. The molecule has 0 saturated carbocycles. The molecule has 13 aromatic rings. The molecule has 0 N–H and O–H groups in total. The summed E-state index contributed by atoms with van der Waals surface area (Å²) < 4.78 is 9.97. The third-order valence-electron chi connectivity index (χ3n) is 13.0. The lowest BCUT2D eigenvalue weighted by Gasteiger charge is -2.16. The van der Waals surface area contributed by atoms with Crippen LogP contribution in [0.5, 0.6) is 0 Å². The van der Waals surface area contributed by atoms with E-state index in [-0.39, 0.29) is 5.92 Å². The van der Waals surface area contributed by atoms with Gasteiger partial charge in [0, 0.05) is 73.7 Å². The van der Waals surface area contributed by atoms with Crippen LogP contribution in [0.1, 0.15) is 18.2 Å². The molecule has 14 rings (SSSR count). The largest absolute Gasteiger partial charge is 0.309 e. The van der Waals surface area contributed by atoms with E-state index in [0.717, 1.165) is 45.8 Å². The number of aromatic nitrogens is 5. The highest BCUT2D eigenvalue weighted by atomic mass is 32.1. The van der Waals surface area contributed by atoms with Gasteiger partial charge in [0.15, 0.2) is 11.6 Å². The summed E-state index contributed by atoms with van der Waals surface area (Å²) in [6.45, 7) is 0. The topological polar surface area (TPSA) is 48.5 Å². The van der Waals surface area contributed by atoms with Gasteiger partial charge in [-0.1, -0.05) is 133 Å². The number of hydrogen-bond donors (Lipinski definition) is 0. The molecule has 1 atom stereocenters. The SMILES string of the molecule is C1=c2sc3ccccc3c2=CC(c2nc(-c3ccccc3)nc(-c3cc(-n4c5ccccc5c5c6c7ccccc7n(-c7ccccc7)c6ccc54)c4c(c3)sc3ccccc34)n2)C1. The van der Waals surface area contributed by atoms with Gasteiger partial charge in [0.05, 0.1) is 27.8 Å². The van der Waals surface area contributed by atoms with Crippen molar-refractivity contribution < 1.29 is 0 Å². The molecule has 0 spiro atoms. The van der Waals surface area contributed by atoms with Crippen LogP contribution in [0.3, 0.4) is 0 Å². The van der Waals surface area contributed by atoms with Crippen molar-refractivity contribution in [3.05, 3.63) is 198 Å². The van der Waals surface area contributed by atoms with Crippen LogP contribution in [0, 0.1) is 0 Å². The molecule has 0 amide bonds. The molecule has 0 aliphatic heterocycles. The van der Waals surface area contributed by atoms with Gasteiger partial charge in [-0.3, -0.25) is 0 Å². The van der Waals surface area contributed by atoms with Crippen LogP contribution in [0.15, 0.2) is 182 Å². The van der Waals surface area contributed by atoms with Crippen molar-refractivity contribution in [3.63, 3.8) is 0 Å². The summed E-state index contributed by atoms with van der Waals surface area (Å²) in [6, 6.07) is 65.6. The molecule has 7 heteroatoms. The molecular weight excluding hydrogens is 819 g/mol. The molecule has 5 nitrogen and oxygen atoms in total. The summed E-state index contributed by atoms with van der Waals surface area (Å²) in [5.41, 5.74) is 8.88. The van der Waals surface area contributed by atoms with Gasteiger partial charge in [0.1, 0.15) is 5.82 Å². The van der Waals surface area contributed by atoms with Crippen LogP contribution in [0.4, 0.5) is 0 Å². The third-order valence-corrected chi connectivity index (χ3v) is 15.3. The van der Waals surface area contributed by atoms with E-state index in [4.69, 9.17) is 15.0 Å². The lowest BCUT2D eigenvalue weighted by molar-refractivity contribution is 0.810. The van der Waals surface area contributed by atoms with Crippen molar-refractivity contribution in [2.24, 2.45) is 0 Å². The maximum absolute atomic E-state index is 5.43. The Morgan fingerprint density at radius 3 is 1.75 bits per heavy atom. The highest BCUT2D eigenvalue weighted by Crippen LogP contribution is 2.46. The molecule has 1 unspecified atom stereocenters. The number of hydrogen-bond acceptors (Lipinski definition) is 5. The molecule has 5 aromatic heterocycles. The van der Waals surface area contributed by atoms with E-state index in [1.807, 2.05) is 28.7 Å². The zero-order valence-corrected chi connectivity index (χ0v) is 35.9. The molecule has 0 radical (unpaired) electrons. The molecule has 0 saturated heterocycles. The summed E-state index contributed by atoms with van der Waals surface area (Å²) in [4.78, 5) is 16.0. The quantitative estimate of drug-likeness (QED) is 0.173. The van der Waals surface area contributed by atoms with Crippen molar-refractivity contribution in [1.82, 2.24) is 24.1 Å². The Labute approximate surface area is 374 Å². The minimum Gasteiger partial charge on any atom is -0.309 e. The Kier molecular flexibility index (Phi) is 7.78. The first-order valence-electron chi connectivity index (χ1n) is 21.7. The average molecular weight is 854 g/mol. The van der Waals surface area contributed by atoms with Gasteiger partial charge < -0.3 is 9.13 Å². The van der Waals surface area contributed by atoms with Crippen molar-refractivity contribution >= 4 is 109 Å². The second-order valence-corrected chi connectivity index (χ2v) is 18.8. The number of fused-ring (bicyclic) bond motifs is 13. The number of rotatable bonds is 5. The van der Waals surface area contributed by atoms with Gasteiger partial charge in [-0.15, -0.1) is 22.7 Å². The van der Waals surface area contributed by atoms with Gasteiger partial charge in [0.25, 0.3) is 0 Å². The lowest BCUT2D eigenvalue weighted by atomic mass is 9.98. The Balaban J connectivity index is 1.06. The van der Waals surface area contributed by atoms with E-state index >= 15 is 0 Å². The lowest BCUT2D eigenvalue weighted by Crippen LogP contribution is -2.24. The highest BCUT2D eigenvalue weighted by molar-refractivity contribution is 7.26. The Morgan fingerprint density at radius 2 is 1.02 bits per heavy atom. The normalized spacial score (nSPS) is 14.0. The molecule has 0 fully saturated rings. The Morgan fingerprint density at radius 1 is 0.438 bits per heavy atom. The molecule has 1 aliphatic carbocycles. The summed E-state index contributed by atoms with van der Waals surface area (Å²) in [7, 11) is 0. The first-order chi connectivity index (χ1) is 31.7. The molecule has 8 aromatic carbocycles. The van der Waals surface area contributed by atoms with E-state index in [2.05, 4.69) is 197 Å². The van der Waals surface area contributed by atoms with Crippen LogP contribution in [0.2, 0.25) is 0 Å². The van der Waals surface area contributed by atoms with Crippen LogP contribution in [-0.4, -0.2) is 24.1 Å². The van der Waals surface area contributed by atoms with Crippen molar-refractivity contribution in [2.75, 3.05) is 0 Å². The maximum Gasteiger partial charge on any atom is 0.163 e. The monoisotopic (exact) mass is 853 g/mol. The third kappa shape index (κ3) is 5.32. The van der Waals surface area contributed by atoms with Crippen molar-refractivity contribution in [2.45, 2.75) is 12.3 Å². The molecule has 1 aliphatic rings. The number of thiophene rings is 2. The summed E-state index contributed by atoms with van der Waals surface area (Å²) in [6.07, 6.45) is 5.58. The van der Waals surface area contributed by atoms with E-state index in [1.54, 1.807) is 0 Å². The van der Waals surface area contributed by atoms with Gasteiger partial charge in [-0.25, -0.2) is 15.0 Å². The zero-order valence-electron chi connectivity index (χ0n) is 34.3. The average Bonchev–Trinajstić information content (AvgIpc) is 4.11. The standard InChI is InChI=1S/C57H35N5S2/c1-3-15-34(16-4-1)55-58-56(35-27-30-50-42(31-35)38-19-9-13-25-48(38)63-50)60-57(59-55)36-32-47(52-41-22-10-14-26-49(41)64-51(52)33-36)62-44-24-12-8-21-40(44)54-46(62)29-28-45-53(54)39-20-7-11-23-43(39)61(45)37-17-5-2-6-18-37/h1-26,28-33,35H,27H2. The molecule has 64 heavy (non-hydrogen) atoms. The molecular formula is C57H35N5S2. The van der Waals surface area contributed by atoms with E-state index < -0.39 is 0 Å². The van der Waals surface area contributed by atoms with Crippen LogP contribution >= 0.6 is 22.7 Å². The van der Waals surface area contributed by atoms with E-state index in [9.17, 15) is 0 Å². The fourth-order valence-electron chi connectivity index (χ4n) is 10.3. The second-order valence-electron chi connectivity index (χ2n) is 16.7. The van der Waals surface area contributed by atoms with Gasteiger partial charge >= 0.3 is 0 Å². The highest BCUT2D eigenvalue weighted by Gasteiger charge is 2.25. The second kappa shape index (κ2) is 13.9. The maximum atomic E-state index is 5.43. The van der Waals surface area contributed by atoms with Crippen molar-refractivity contribution in [3.8, 4) is 34.2 Å². The number of nitrogens with zero attached hydrogens (tertiary/aromatic N) is 5. The zero-order chi connectivity index (χ0) is 41.9. The fraction of sp³-hybridized carbons (Fsp3) is 0.0351. The van der Waals surface area contributed by atoms with Gasteiger partial charge in [-0.2, -0.15) is 0 Å². The predicted octanol–water partition coefficient (Wildman–Crippen LogP) is 13.7. The Bertz CT molecular complexity index is 4180. The fourth-order valence-corrected chi connectivity index (χ4v) is 12.6.